The number of fused-ring (bicyclic) bond motifs is 2. The molecular weight excluding hydrogens is 192 g/mol. The lowest BCUT2D eigenvalue weighted by atomic mass is 9.86. The number of amides is 2. The molecule has 4 heteroatoms. The smallest absolute Gasteiger partial charge is 0.236 e. The van der Waals surface area contributed by atoms with Crippen LogP contribution in [0.2, 0.25) is 0 Å². The third kappa shape index (κ3) is 2.49. The van der Waals surface area contributed by atoms with Gasteiger partial charge in [-0.25, -0.2) is 0 Å². The zero-order valence-corrected chi connectivity index (χ0v) is 8.87. The lowest BCUT2D eigenvalue weighted by Crippen LogP contribution is -2.34. The van der Waals surface area contributed by atoms with Crippen molar-refractivity contribution in [3.8, 4) is 0 Å². The molecular formula is C11H18N2O2. The van der Waals surface area contributed by atoms with Gasteiger partial charge < -0.3 is 11.1 Å². The van der Waals surface area contributed by atoms with Crippen LogP contribution in [0.15, 0.2) is 0 Å². The maximum absolute atomic E-state index is 11.5. The summed E-state index contributed by atoms with van der Waals surface area (Å²) in [4.78, 5) is 21.9. The van der Waals surface area contributed by atoms with Crippen molar-refractivity contribution in [3.05, 3.63) is 0 Å². The summed E-state index contributed by atoms with van der Waals surface area (Å²) in [6.07, 6.45) is 5.74. The Morgan fingerprint density at radius 2 is 2.07 bits per heavy atom. The summed E-state index contributed by atoms with van der Waals surface area (Å²) in [6.45, 7) is -0.0281. The molecule has 0 radical (unpaired) electrons. The Labute approximate surface area is 89.6 Å². The number of carbonyl (C=O) groups is 2. The number of primary amides is 1. The number of hydrogen-bond donors (Lipinski definition) is 2. The van der Waals surface area contributed by atoms with Gasteiger partial charge >= 0.3 is 0 Å². The van der Waals surface area contributed by atoms with Crippen LogP contribution >= 0.6 is 0 Å². The minimum atomic E-state index is -0.476. The van der Waals surface area contributed by atoms with Crippen LogP contribution in [-0.2, 0) is 9.59 Å². The van der Waals surface area contributed by atoms with Gasteiger partial charge in [-0.1, -0.05) is 6.42 Å². The quantitative estimate of drug-likeness (QED) is 0.705. The van der Waals surface area contributed by atoms with E-state index in [1.54, 1.807) is 0 Å². The molecule has 0 aromatic carbocycles. The molecule has 3 N–H and O–H groups in total. The van der Waals surface area contributed by atoms with Gasteiger partial charge in [0.25, 0.3) is 0 Å². The molecule has 4 nitrogen and oxygen atoms in total. The van der Waals surface area contributed by atoms with Gasteiger partial charge in [-0.2, -0.15) is 0 Å². The Morgan fingerprint density at radius 1 is 1.27 bits per heavy atom. The lowest BCUT2D eigenvalue weighted by molar-refractivity contribution is -0.125. The summed E-state index contributed by atoms with van der Waals surface area (Å²) in [5, 5.41) is 2.55. The molecule has 3 atom stereocenters. The van der Waals surface area contributed by atoms with E-state index in [1.807, 2.05) is 0 Å². The zero-order valence-electron chi connectivity index (χ0n) is 8.87. The normalized spacial score (nSPS) is 32.9. The second kappa shape index (κ2) is 4.21. The maximum Gasteiger partial charge on any atom is 0.236 e. The predicted molar refractivity (Wildman–Crippen MR) is 55.8 cm³/mol. The first-order valence-electron chi connectivity index (χ1n) is 5.70. The minimum absolute atomic E-state index is 0.0219. The van der Waals surface area contributed by atoms with Crippen molar-refractivity contribution >= 4 is 11.8 Å². The van der Waals surface area contributed by atoms with Crippen molar-refractivity contribution in [1.82, 2.24) is 5.32 Å². The Morgan fingerprint density at radius 3 is 2.60 bits per heavy atom. The van der Waals surface area contributed by atoms with Crippen molar-refractivity contribution in [2.45, 2.75) is 32.1 Å². The Balaban J connectivity index is 1.73. The van der Waals surface area contributed by atoms with E-state index in [-0.39, 0.29) is 12.5 Å². The standard InChI is InChI=1S/C11H18N2O2/c12-10(14)6-13-11(15)5-9-4-7-1-2-8(9)3-7/h7-9H,1-6H2,(H2,12,14)(H,13,15)/t7-,8+,9-/m1/s1. The summed E-state index contributed by atoms with van der Waals surface area (Å²) in [6, 6.07) is 0. The number of hydrogen-bond acceptors (Lipinski definition) is 2. The first-order valence-corrected chi connectivity index (χ1v) is 5.70. The number of carbonyl (C=O) groups excluding carboxylic acids is 2. The van der Waals surface area contributed by atoms with Crippen LogP contribution in [0.3, 0.4) is 0 Å². The zero-order chi connectivity index (χ0) is 10.8. The average molecular weight is 210 g/mol. The Kier molecular flexibility index (Phi) is 2.93. The van der Waals surface area contributed by atoms with Gasteiger partial charge in [0.1, 0.15) is 0 Å². The highest BCUT2D eigenvalue weighted by atomic mass is 16.2. The summed E-state index contributed by atoms with van der Waals surface area (Å²) in [7, 11) is 0. The molecule has 2 amide bonds. The van der Waals surface area contributed by atoms with Gasteiger partial charge in [-0.3, -0.25) is 9.59 Å². The fraction of sp³-hybridized carbons (Fsp3) is 0.818. The van der Waals surface area contributed by atoms with Crippen LogP contribution < -0.4 is 11.1 Å². The van der Waals surface area contributed by atoms with Crippen LogP contribution in [0.25, 0.3) is 0 Å². The molecule has 0 aromatic heterocycles. The lowest BCUT2D eigenvalue weighted by Gasteiger charge is -2.20. The maximum atomic E-state index is 11.5. The highest BCUT2D eigenvalue weighted by molar-refractivity contribution is 5.83. The van der Waals surface area contributed by atoms with E-state index in [0.29, 0.717) is 12.3 Å². The predicted octanol–water partition coefficient (Wildman–Crippen LogP) is 0.414. The van der Waals surface area contributed by atoms with Gasteiger partial charge in [0.05, 0.1) is 6.54 Å². The summed E-state index contributed by atoms with van der Waals surface area (Å²) in [5.74, 6) is 1.68. The largest absolute Gasteiger partial charge is 0.368 e. The number of rotatable bonds is 4. The highest BCUT2D eigenvalue weighted by Gasteiger charge is 2.39. The molecule has 84 valence electrons. The fourth-order valence-corrected chi connectivity index (χ4v) is 3.12. The molecule has 0 saturated heterocycles. The summed E-state index contributed by atoms with van der Waals surface area (Å²) >= 11 is 0. The third-order valence-electron chi connectivity index (χ3n) is 3.79. The van der Waals surface area contributed by atoms with Crippen LogP contribution in [0.5, 0.6) is 0 Å². The molecule has 0 unspecified atom stereocenters. The van der Waals surface area contributed by atoms with Crippen molar-refractivity contribution < 1.29 is 9.59 Å². The van der Waals surface area contributed by atoms with Crippen LogP contribution in [-0.4, -0.2) is 18.4 Å². The molecule has 2 saturated carbocycles. The summed E-state index contributed by atoms with van der Waals surface area (Å²) in [5.41, 5.74) is 4.96. The number of nitrogens with one attached hydrogen (secondary N) is 1. The Hall–Kier alpha value is -1.06. The molecule has 2 rings (SSSR count). The van der Waals surface area contributed by atoms with Crippen LogP contribution in [0.4, 0.5) is 0 Å². The Bertz CT molecular complexity index is 278. The van der Waals surface area contributed by atoms with Crippen LogP contribution in [0.1, 0.15) is 32.1 Å². The van der Waals surface area contributed by atoms with Gasteiger partial charge in [-0.05, 0) is 37.0 Å². The SMILES string of the molecule is NC(=O)CNC(=O)C[C@H]1C[C@@H]2CC[C@H]1C2. The molecule has 0 aliphatic heterocycles. The third-order valence-corrected chi connectivity index (χ3v) is 3.79. The van der Waals surface area contributed by atoms with Crippen molar-refractivity contribution in [3.63, 3.8) is 0 Å². The van der Waals surface area contributed by atoms with Gasteiger partial charge in [0, 0.05) is 6.42 Å². The second-order valence-corrected chi connectivity index (χ2v) is 4.88. The van der Waals surface area contributed by atoms with E-state index >= 15 is 0 Å². The van der Waals surface area contributed by atoms with E-state index in [1.165, 1.54) is 25.7 Å². The van der Waals surface area contributed by atoms with Crippen molar-refractivity contribution in [2.75, 3.05) is 6.54 Å². The van der Waals surface area contributed by atoms with E-state index < -0.39 is 5.91 Å². The first kappa shape index (κ1) is 10.5. The van der Waals surface area contributed by atoms with Gasteiger partial charge in [0.2, 0.25) is 11.8 Å². The highest BCUT2D eigenvalue weighted by Crippen LogP contribution is 2.49. The molecule has 2 aliphatic carbocycles. The molecule has 2 aliphatic rings. The van der Waals surface area contributed by atoms with Gasteiger partial charge in [0.15, 0.2) is 0 Å². The molecule has 2 bridgehead atoms. The molecule has 0 aromatic rings. The minimum Gasteiger partial charge on any atom is -0.368 e. The fourth-order valence-electron chi connectivity index (χ4n) is 3.12. The van der Waals surface area contributed by atoms with Crippen molar-refractivity contribution in [1.29, 1.82) is 0 Å². The number of nitrogens with two attached hydrogens (primary N) is 1. The van der Waals surface area contributed by atoms with Gasteiger partial charge in [-0.15, -0.1) is 0 Å². The first-order chi connectivity index (χ1) is 7.15. The van der Waals surface area contributed by atoms with E-state index in [2.05, 4.69) is 5.32 Å². The molecule has 0 spiro atoms. The molecule has 2 fully saturated rings. The molecule has 0 heterocycles. The molecule has 15 heavy (non-hydrogen) atoms. The monoisotopic (exact) mass is 210 g/mol. The van der Waals surface area contributed by atoms with Crippen LogP contribution in [0, 0.1) is 17.8 Å². The topological polar surface area (TPSA) is 72.2 Å². The van der Waals surface area contributed by atoms with E-state index in [4.69, 9.17) is 5.73 Å². The second-order valence-electron chi connectivity index (χ2n) is 4.88. The van der Waals surface area contributed by atoms with E-state index in [9.17, 15) is 9.59 Å². The summed E-state index contributed by atoms with van der Waals surface area (Å²) < 4.78 is 0. The van der Waals surface area contributed by atoms with E-state index in [0.717, 1.165) is 11.8 Å². The van der Waals surface area contributed by atoms with Crippen molar-refractivity contribution in [2.24, 2.45) is 23.5 Å². The average Bonchev–Trinajstić information content (AvgIpc) is 2.76.